The lowest BCUT2D eigenvalue weighted by atomic mass is 10.1. The molecule has 0 amide bonds. The lowest BCUT2D eigenvalue weighted by molar-refractivity contribution is 0.579. The SMILES string of the molecule is CNC[C@H]1C[C@@H]1c1cc(F)ccc1F. The van der Waals surface area contributed by atoms with Gasteiger partial charge in [0.05, 0.1) is 0 Å². The Labute approximate surface area is 82.1 Å². The molecule has 2 rings (SSSR count). The first-order chi connectivity index (χ1) is 6.72. The maximum Gasteiger partial charge on any atom is 0.126 e. The van der Waals surface area contributed by atoms with Gasteiger partial charge in [-0.05, 0) is 55.6 Å². The fraction of sp³-hybridized carbons (Fsp3) is 0.455. The normalized spacial score (nSPS) is 25.1. The van der Waals surface area contributed by atoms with Gasteiger partial charge in [0, 0.05) is 0 Å². The number of nitrogens with one attached hydrogen (secondary N) is 1. The van der Waals surface area contributed by atoms with Crippen LogP contribution >= 0.6 is 0 Å². The van der Waals surface area contributed by atoms with Crippen LogP contribution in [0.5, 0.6) is 0 Å². The van der Waals surface area contributed by atoms with Gasteiger partial charge in [-0.3, -0.25) is 0 Å². The largest absolute Gasteiger partial charge is 0.319 e. The van der Waals surface area contributed by atoms with Crippen LogP contribution < -0.4 is 5.32 Å². The van der Waals surface area contributed by atoms with Crippen LogP contribution in [0, 0.1) is 17.6 Å². The van der Waals surface area contributed by atoms with Crippen LogP contribution in [0.15, 0.2) is 18.2 Å². The molecule has 1 fully saturated rings. The van der Waals surface area contributed by atoms with Crippen molar-refractivity contribution in [2.75, 3.05) is 13.6 Å². The highest BCUT2D eigenvalue weighted by molar-refractivity contribution is 5.28. The molecule has 0 aliphatic heterocycles. The van der Waals surface area contributed by atoms with Crippen LogP contribution in [0.4, 0.5) is 8.78 Å². The molecule has 1 saturated carbocycles. The Morgan fingerprint density at radius 3 is 2.93 bits per heavy atom. The zero-order valence-corrected chi connectivity index (χ0v) is 8.06. The van der Waals surface area contributed by atoms with Crippen molar-refractivity contribution >= 4 is 0 Å². The quantitative estimate of drug-likeness (QED) is 0.784. The number of halogens is 2. The predicted octanol–water partition coefficient (Wildman–Crippen LogP) is 2.29. The molecule has 1 N–H and O–H groups in total. The number of benzene rings is 1. The van der Waals surface area contributed by atoms with E-state index >= 15 is 0 Å². The van der Waals surface area contributed by atoms with Crippen molar-refractivity contribution in [2.24, 2.45) is 5.92 Å². The van der Waals surface area contributed by atoms with Crippen molar-refractivity contribution in [3.8, 4) is 0 Å². The van der Waals surface area contributed by atoms with Gasteiger partial charge in [0.25, 0.3) is 0 Å². The van der Waals surface area contributed by atoms with Crippen LogP contribution in [0.2, 0.25) is 0 Å². The Morgan fingerprint density at radius 2 is 2.21 bits per heavy atom. The molecule has 3 heteroatoms. The highest BCUT2D eigenvalue weighted by atomic mass is 19.1. The molecule has 1 aromatic carbocycles. The Morgan fingerprint density at radius 1 is 1.43 bits per heavy atom. The number of hydrogen-bond donors (Lipinski definition) is 1. The molecule has 0 radical (unpaired) electrons. The third-order valence-corrected chi connectivity index (χ3v) is 2.75. The Kier molecular flexibility index (Phi) is 2.50. The van der Waals surface area contributed by atoms with Crippen LogP contribution in [-0.2, 0) is 0 Å². The van der Waals surface area contributed by atoms with E-state index in [1.165, 1.54) is 12.1 Å². The molecule has 2 atom stereocenters. The van der Waals surface area contributed by atoms with Gasteiger partial charge >= 0.3 is 0 Å². The highest BCUT2D eigenvalue weighted by Gasteiger charge is 2.39. The molecule has 0 unspecified atom stereocenters. The van der Waals surface area contributed by atoms with Crippen LogP contribution in [0.25, 0.3) is 0 Å². The summed E-state index contributed by atoms with van der Waals surface area (Å²) in [6.07, 6.45) is 0.960. The van der Waals surface area contributed by atoms with Gasteiger partial charge < -0.3 is 5.32 Å². The van der Waals surface area contributed by atoms with Gasteiger partial charge in [0.1, 0.15) is 11.6 Å². The van der Waals surface area contributed by atoms with Gasteiger partial charge in [-0.2, -0.15) is 0 Å². The molecule has 0 bridgehead atoms. The van der Waals surface area contributed by atoms with Crippen LogP contribution in [-0.4, -0.2) is 13.6 Å². The van der Waals surface area contributed by atoms with Crippen molar-refractivity contribution in [3.05, 3.63) is 35.4 Å². The second-order valence-electron chi connectivity index (χ2n) is 3.83. The molecule has 14 heavy (non-hydrogen) atoms. The molecule has 1 aliphatic rings. The van der Waals surface area contributed by atoms with E-state index in [0.29, 0.717) is 11.5 Å². The summed E-state index contributed by atoms with van der Waals surface area (Å²) in [5, 5.41) is 3.05. The summed E-state index contributed by atoms with van der Waals surface area (Å²) in [4.78, 5) is 0. The van der Waals surface area contributed by atoms with E-state index in [2.05, 4.69) is 5.32 Å². The fourth-order valence-electron chi connectivity index (χ4n) is 1.92. The Balaban J connectivity index is 2.14. The summed E-state index contributed by atoms with van der Waals surface area (Å²) in [5.41, 5.74) is 0.533. The van der Waals surface area contributed by atoms with Gasteiger partial charge in [-0.25, -0.2) is 8.78 Å². The van der Waals surface area contributed by atoms with Crippen molar-refractivity contribution < 1.29 is 8.78 Å². The minimum Gasteiger partial charge on any atom is -0.319 e. The summed E-state index contributed by atoms with van der Waals surface area (Å²) in [6, 6.07) is 3.68. The Bertz CT molecular complexity index is 338. The number of rotatable bonds is 3. The topological polar surface area (TPSA) is 12.0 Å². The first kappa shape index (κ1) is 9.59. The van der Waals surface area contributed by atoms with E-state index in [0.717, 1.165) is 19.0 Å². The smallest absolute Gasteiger partial charge is 0.126 e. The molecule has 0 spiro atoms. The average molecular weight is 197 g/mol. The van der Waals surface area contributed by atoms with Crippen molar-refractivity contribution in [3.63, 3.8) is 0 Å². The minimum atomic E-state index is -0.350. The molecule has 76 valence electrons. The van der Waals surface area contributed by atoms with Crippen molar-refractivity contribution in [1.29, 1.82) is 0 Å². The van der Waals surface area contributed by atoms with Gasteiger partial charge in [0.15, 0.2) is 0 Å². The fourth-order valence-corrected chi connectivity index (χ4v) is 1.92. The van der Waals surface area contributed by atoms with E-state index in [1.807, 2.05) is 7.05 Å². The van der Waals surface area contributed by atoms with Gasteiger partial charge in [-0.15, -0.1) is 0 Å². The Hall–Kier alpha value is -0.960. The average Bonchev–Trinajstić information content (AvgIpc) is 2.89. The molecule has 0 saturated heterocycles. The molecule has 1 aromatic rings. The number of hydrogen-bond acceptors (Lipinski definition) is 1. The van der Waals surface area contributed by atoms with Crippen molar-refractivity contribution in [1.82, 2.24) is 5.32 Å². The molecule has 0 aromatic heterocycles. The monoisotopic (exact) mass is 197 g/mol. The van der Waals surface area contributed by atoms with E-state index in [1.54, 1.807) is 0 Å². The van der Waals surface area contributed by atoms with Gasteiger partial charge in [0.2, 0.25) is 0 Å². The summed E-state index contributed by atoms with van der Waals surface area (Å²) in [7, 11) is 1.87. The maximum absolute atomic E-state index is 13.3. The minimum absolute atomic E-state index is 0.207. The maximum atomic E-state index is 13.3. The second kappa shape index (κ2) is 3.65. The second-order valence-corrected chi connectivity index (χ2v) is 3.83. The van der Waals surface area contributed by atoms with E-state index in [4.69, 9.17) is 0 Å². The van der Waals surface area contributed by atoms with Crippen molar-refractivity contribution in [2.45, 2.75) is 12.3 Å². The highest BCUT2D eigenvalue weighted by Crippen LogP contribution is 2.47. The third-order valence-electron chi connectivity index (χ3n) is 2.75. The molecule has 1 aliphatic carbocycles. The van der Waals surface area contributed by atoms with E-state index in [-0.39, 0.29) is 17.6 Å². The van der Waals surface area contributed by atoms with Crippen LogP contribution in [0.1, 0.15) is 17.9 Å². The lowest BCUT2D eigenvalue weighted by Gasteiger charge is -2.02. The summed E-state index contributed by atoms with van der Waals surface area (Å²) in [6.45, 7) is 0.876. The zero-order chi connectivity index (χ0) is 10.1. The summed E-state index contributed by atoms with van der Waals surface area (Å²) in [5.74, 6) is 0.0426. The predicted molar refractivity (Wildman–Crippen MR) is 51.1 cm³/mol. The molecular formula is C11H13F2N. The standard InChI is InChI=1S/C11H13F2N/c1-14-6-7-4-9(7)10-5-8(12)2-3-11(10)13/h2-3,5,7,9,14H,4,6H2,1H3/t7-,9+/m1/s1. The van der Waals surface area contributed by atoms with Gasteiger partial charge in [-0.1, -0.05) is 0 Å². The van der Waals surface area contributed by atoms with E-state index < -0.39 is 0 Å². The van der Waals surface area contributed by atoms with Crippen LogP contribution in [0.3, 0.4) is 0 Å². The third kappa shape index (κ3) is 1.77. The summed E-state index contributed by atoms with van der Waals surface area (Å²) < 4.78 is 26.2. The zero-order valence-electron chi connectivity index (χ0n) is 8.06. The molecule has 1 nitrogen and oxygen atoms in total. The first-order valence-corrected chi connectivity index (χ1v) is 4.82. The lowest BCUT2D eigenvalue weighted by Crippen LogP contribution is -2.10. The summed E-state index contributed by atoms with van der Waals surface area (Å²) >= 11 is 0. The first-order valence-electron chi connectivity index (χ1n) is 4.82. The molecule has 0 heterocycles. The van der Waals surface area contributed by atoms with E-state index in [9.17, 15) is 8.78 Å². The molecular weight excluding hydrogens is 184 g/mol.